The molecule has 1 saturated carbocycles. The molecule has 1 aromatic carbocycles. The van der Waals surface area contributed by atoms with Crippen LogP contribution >= 0.6 is 0 Å². The van der Waals surface area contributed by atoms with E-state index in [9.17, 15) is 0 Å². The minimum atomic E-state index is 0.717. The van der Waals surface area contributed by atoms with Crippen LogP contribution in [0.25, 0.3) is 6.08 Å². The van der Waals surface area contributed by atoms with Crippen LogP contribution in [0.5, 0.6) is 0 Å². The van der Waals surface area contributed by atoms with Gasteiger partial charge in [0, 0.05) is 25.2 Å². The molecule has 20 heavy (non-hydrogen) atoms. The Balaban J connectivity index is 1.51. The summed E-state index contributed by atoms with van der Waals surface area (Å²) in [5.41, 5.74) is 1.30. The van der Waals surface area contributed by atoms with Crippen LogP contribution in [0.3, 0.4) is 0 Å². The quantitative estimate of drug-likeness (QED) is 0.853. The third-order valence-electron chi connectivity index (χ3n) is 4.38. The van der Waals surface area contributed by atoms with Gasteiger partial charge in [-0.05, 0) is 37.8 Å². The van der Waals surface area contributed by atoms with Crippen LogP contribution in [0.1, 0.15) is 37.7 Å². The zero-order valence-corrected chi connectivity index (χ0v) is 12.3. The Bertz CT molecular complexity index is 416. The highest BCUT2D eigenvalue weighted by Gasteiger charge is 2.29. The maximum Gasteiger partial charge on any atom is 0.0195 e. The Kier molecular flexibility index (Phi) is 4.88. The maximum atomic E-state index is 3.67. The molecule has 1 aliphatic heterocycles. The van der Waals surface area contributed by atoms with Crippen molar-refractivity contribution in [1.82, 2.24) is 10.2 Å². The molecule has 1 atom stereocenters. The molecule has 1 aliphatic carbocycles. The van der Waals surface area contributed by atoms with Crippen molar-refractivity contribution in [3.8, 4) is 0 Å². The number of piperidine rings is 1. The van der Waals surface area contributed by atoms with Gasteiger partial charge in [-0.2, -0.15) is 0 Å². The summed E-state index contributed by atoms with van der Waals surface area (Å²) in [5, 5.41) is 3.67. The summed E-state index contributed by atoms with van der Waals surface area (Å²) in [7, 11) is 0. The van der Waals surface area contributed by atoms with Crippen LogP contribution in [0, 0.1) is 0 Å². The van der Waals surface area contributed by atoms with Gasteiger partial charge in [-0.25, -0.2) is 0 Å². The summed E-state index contributed by atoms with van der Waals surface area (Å²) in [6.45, 7) is 3.53. The lowest BCUT2D eigenvalue weighted by Gasteiger charge is -2.30. The van der Waals surface area contributed by atoms with E-state index < -0.39 is 0 Å². The van der Waals surface area contributed by atoms with Crippen LogP contribution in [-0.2, 0) is 0 Å². The fraction of sp³-hybridized carbons (Fsp3) is 0.556. The number of benzene rings is 1. The summed E-state index contributed by atoms with van der Waals surface area (Å²) < 4.78 is 0. The van der Waals surface area contributed by atoms with E-state index in [0.717, 1.165) is 18.6 Å². The second-order valence-electron chi connectivity index (χ2n) is 6.14. The van der Waals surface area contributed by atoms with Gasteiger partial charge in [-0.15, -0.1) is 0 Å². The number of nitrogens with zero attached hydrogens (tertiary/aromatic N) is 1. The normalized spacial score (nSPS) is 23.6. The zero-order valence-electron chi connectivity index (χ0n) is 12.3. The average molecular weight is 270 g/mol. The third kappa shape index (κ3) is 4.19. The van der Waals surface area contributed by atoms with Crippen molar-refractivity contribution >= 4 is 6.08 Å². The Hall–Kier alpha value is -1.12. The first-order valence-electron chi connectivity index (χ1n) is 8.11. The lowest BCUT2D eigenvalue weighted by molar-refractivity contribution is 0.235. The van der Waals surface area contributed by atoms with Gasteiger partial charge in [-0.3, -0.25) is 4.90 Å². The Morgan fingerprint density at radius 3 is 2.65 bits per heavy atom. The zero-order chi connectivity index (χ0) is 13.6. The first kappa shape index (κ1) is 13.8. The Morgan fingerprint density at radius 2 is 1.95 bits per heavy atom. The Labute approximate surface area is 122 Å². The van der Waals surface area contributed by atoms with Crippen LogP contribution in [0.2, 0.25) is 0 Å². The molecule has 1 unspecified atom stereocenters. The van der Waals surface area contributed by atoms with Crippen LogP contribution in [0.4, 0.5) is 0 Å². The first-order chi connectivity index (χ1) is 9.92. The lowest BCUT2D eigenvalue weighted by Crippen LogP contribution is -2.44. The third-order valence-corrected chi connectivity index (χ3v) is 4.38. The molecular formula is C18H26N2. The van der Waals surface area contributed by atoms with Gasteiger partial charge in [0.05, 0.1) is 0 Å². The molecule has 2 nitrogen and oxygen atoms in total. The highest BCUT2D eigenvalue weighted by Crippen LogP contribution is 2.27. The van der Waals surface area contributed by atoms with Crippen molar-refractivity contribution in [3.63, 3.8) is 0 Å². The summed E-state index contributed by atoms with van der Waals surface area (Å²) >= 11 is 0. The summed E-state index contributed by atoms with van der Waals surface area (Å²) in [6.07, 6.45) is 11.5. The highest BCUT2D eigenvalue weighted by atomic mass is 15.2. The topological polar surface area (TPSA) is 15.3 Å². The van der Waals surface area contributed by atoms with E-state index in [1.165, 1.54) is 50.8 Å². The number of hydrogen-bond donors (Lipinski definition) is 1. The largest absolute Gasteiger partial charge is 0.313 e. The van der Waals surface area contributed by atoms with E-state index in [0.29, 0.717) is 0 Å². The van der Waals surface area contributed by atoms with E-state index in [-0.39, 0.29) is 0 Å². The predicted molar refractivity (Wildman–Crippen MR) is 85.7 cm³/mol. The maximum absolute atomic E-state index is 3.67. The number of hydrogen-bond acceptors (Lipinski definition) is 2. The van der Waals surface area contributed by atoms with E-state index in [1.54, 1.807) is 0 Å². The Morgan fingerprint density at radius 1 is 1.10 bits per heavy atom. The molecule has 3 rings (SSSR count). The fourth-order valence-electron chi connectivity index (χ4n) is 3.06. The van der Waals surface area contributed by atoms with Gasteiger partial charge in [0.1, 0.15) is 0 Å². The molecule has 0 amide bonds. The molecule has 0 spiro atoms. The van der Waals surface area contributed by atoms with Crippen molar-refractivity contribution in [2.75, 3.05) is 19.6 Å². The molecule has 1 saturated heterocycles. The summed E-state index contributed by atoms with van der Waals surface area (Å²) in [6, 6.07) is 12.2. The molecule has 1 heterocycles. The molecular weight excluding hydrogens is 244 g/mol. The lowest BCUT2D eigenvalue weighted by atomic mass is 10.0. The van der Waals surface area contributed by atoms with E-state index in [4.69, 9.17) is 0 Å². The van der Waals surface area contributed by atoms with Gasteiger partial charge in [0.15, 0.2) is 0 Å². The van der Waals surface area contributed by atoms with Crippen LogP contribution in [-0.4, -0.2) is 36.6 Å². The van der Waals surface area contributed by atoms with Gasteiger partial charge in [-0.1, -0.05) is 48.9 Å². The standard InChI is InChI=1S/C18H26N2/c1-2-7-16(8-3-1)9-6-14-20(18-11-12-18)15-17-10-4-5-13-19-17/h1-3,6-9,17-19H,4-5,10-15H2/b9-6+. The predicted octanol–water partition coefficient (Wildman–Crippen LogP) is 3.31. The van der Waals surface area contributed by atoms with E-state index in [1.807, 2.05) is 0 Å². The molecule has 108 valence electrons. The molecule has 1 aromatic rings. The monoisotopic (exact) mass is 270 g/mol. The second-order valence-corrected chi connectivity index (χ2v) is 6.14. The summed E-state index contributed by atoms with van der Waals surface area (Å²) in [5.74, 6) is 0. The molecule has 0 bridgehead atoms. The van der Waals surface area contributed by atoms with Crippen molar-refractivity contribution in [1.29, 1.82) is 0 Å². The number of nitrogens with one attached hydrogen (secondary N) is 1. The molecule has 0 radical (unpaired) electrons. The SMILES string of the molecule is C(=C\c1ccccc1)/CN(CC1CCCCN1)C1CC1. The minimum Gasteiger partial charge on any atom is -0.313 e. The van der Waals surface area contributed by atoms with E-state index >= 15 is 0 Å². The minimum absolute atomic E-state index is 0.717. The fourth-order valence-corrected chi connectivity index (χ4v) is 3.06. The molecule has 2 aliphatic rings. The van der Waals surface area contributed by atoms with Crippen molar-refractivity contribution in [2.24, 2.45) is 0 Å². The highest BCUT2D eigenvalue weighted by molar-refractivity contribution is 5.48. The molecule has 1 N–H and O–H groups in total. The first-order valence-corrected chi connectivity index (χ1v) is 8.11. The molecule has 2 heteroatoms. The van der Waals surface area contributed by atoms with Gasteiger partial charge in [0.2, 0.25) is 0 Å². The van der Waals surface area contributed by atoms with Gasteiger partial charge < -0.3 is 5.32 Å². The average Bonchev–Trinajstić information content (AvgIpc) is 3.33. The van der Waals surface area contributed by atoms with E-state index in [2.05, 4.69) is 52.7 Å². The van der Waals surface area contributed by atoms with Gasteiger partial charge >= 0.3 is 0 Å². The smallest absolute Gasteiger partial charge is 0.0195 e. The van der Waals surface area contributed by atoms with Crippen molar-refractivity contribution < 1.29 is 0 Å². The van der Waals surface area contributed by atoms with Crippen LogP contribution in [0.15, 0.2) is 36.4 Å². The van der Waals surface area contributed by atoms with Gasteiger partial charge in [0.25, 0.3) is 0 Å². The second kappa shape index (κ2) is 7.05. The van der Waals surface area contributed by atoms with Crippen molar-refractivity contribution in [2.45, 2.75) is 44.2 Å². The molecule has 2 fully saturated rings. The van der Waals surface area contributed by atoms with Crippen molar-refractivity contribution in [3.05, 3.63) is 42.0 Å². The molecule has 0 aromatic heterocycles. The summed E-state index contributed by atoms with van der Waals surface area (Å²) in [4.78, 5) is 2.67. The number of rotatable bonds is 6. The van der Waals surface area contributed by atoms with Crippen LogP contribution < -0.4 is 5.32 Å².